The predicted molar refractivity (Wildman–Crippen MR) is 75.3 cm³/mol. The van der Waals surface area contributed by atoms with Crippen molar-refractivity contribution in [3.63, 3.8) is 0 Å². The van der Waals surface area contributed by atoms with Crippen LogP contribution in [-0.4, -0.2) is 49.6 Å². The quantitative estimate of drug-likeness (QED) is 0.723. The van der Waals surface area contributed by atoms with Crippen LogP contribution in [0.25, 0.3) is 0 Å². The van der Waals surface area contributed by atoms with Crippen LogP contribution in [-0.2, 0) is 0 Å². The molecular formula is C13H15BrF3NO3. The summed E-state index contributed by atoms with van der Waals surface area (Å²) in [7, 11) is 2.71. The highest BCUT2D eigenvalue weighted by molar-refractivity contribution is 9.09. The number of rotatable bonds is 6. The maximum Gasteiger partial charge on any atom is 0.406 e. The van der Waals surface area contributed by atoms with Gasteiger partial charge in [0, 0.05) is 11.9 Å². The van der Waals surface area contributed by atoms with E-state index in [1.165, 1.54) is 26.4 Å². The number of carbonyl (C=O) groups is 1. The number of amides is 1. The van der Waals surface area contributed by atoms with Gasteiger partial charge in [-0.15, -0.1) is 0 Å². The fourth-order valence-electron chi connectivity index (χ4n) is 1.80. The molecular weight excluding hydrogens is 355 g/mol. The molecule has 0 aliphatic carbocycles. The van der Waals surface area contributed by atoms with E-state index in [2.05, 4.69) is 15.9 Å². The molecule has 0 heterocycles. The number of nitrogens with zero attached hydrogens (tertiary/aromatic N) is 1. The molecule has 0 fully saturated rings. The Balaban J connectivity index is 3.14. The Bertz CT molecular complexity index is 494. The minimum absolute atomic E-state index is 0.0297. The van der Waals surface area contributed by atoms with Gasteiger partial charge in [-0.25, -0.2) is 0 Å². The van der Waals surface area contributed by atoms with E-state index in [1.54, 1.807) is 6.07 Å². The minimum Gasteiger partial charge on any atom is -0.493 e. The van der Waals surface area contributed by atoms with Crippen LogP contribution in [0.2, 0.25) is 0 Å². The van der Waals surface area contributed by atoms with Crippen molar-refractivity contribution in [1.29, 1.82) is 0 Å². The third-order valence-corrected chi connectivity index (χ3v) is 3.00. The lowest BCUT2D eigenvalue weighted by Crippen LogP contribution is -2.40. The third kappa shape index (κ3) is 4.80. The normalized spacial score (nSPS) is 11.1. The summed E-state index contributed by atoms with van der Waals surface area (Å²) >= 11 is 3.04. The van der Waals surface area contributed by atoms with Crippen molar-refractivity contribution in [2.24, 2.45) is 0 Å². The van der Waals surface area contributed by atoms with Gasteiger partial charge in [-0.3, -0.25) is 4.79 Å². The third-order valence-electron chi connectivity index (χ3n) is 2.65. The molecule has 1 aromatic carbocycles. The van der Waals surface area contributed by atoms with Gasteiger partial charge in [0.25, 0.3) is 5.91 Å². The van der Waals surface area contributed by atoms with Crippen molar-refractivity contribution in [1.82, 2.24) is 4.90 Å². The van der Waals surface area contributed by atoms with Crippen molar-refractivity contribution in [3.05, 3.63) is 23.8 Å². The Kier molecular flexibility index (Phi) is 6.32. The standard InChI is InChI=1S/C13H15BrF3NO3/c1-20-10-5-3-4-9(11(10)21-2)12(19)18(7-6-14)8-13(15,16)17/h3-5H,6-8H2,1-2H3. The van der Waals surface area contributed by atoms with Gasteiger partial charge in [-0.05, 0) is 12.1 Å². The molecule has 21 heavy (non-hydrogen) atoms. The lowest BCUT2D eigenvalue weighted by molar-refractivity contribution is -0.140. The summed E-state index contributed by atoms with van der Waals surface area (Å²) in [6, 6.07) is 4.49. The molecule has 4 nitrogen and oxygen atoms in total. The van der Waals surface area contributed by atoms with Gasteiger partial charge in [0.15, 0.2) is 11.5 Å². The first-order chi connectivity index (χ1) is 9.84. The van der Waals surface area contributed by atoms with Gasteiger partial charge in [0.1, 0.15) is 6.54 Å². The molecule has 0 saturated carbocycles. The van der Waals surface area contributed by atoms with E-state index in [-0.39, 0.29) is 28.9 Å². The van der Waals surface area contributed by atoms with Gasteiger partial charge in [0.05, 0.1) is 19.8 Å². The Morgan fingerprint density at radius 3 is 2.43 bits per heavy atom. The van der Waals surface area contributed by atoms with Crippen LogP contribution in [0.15, 0.2) is 18.2 Å². The number of hydrogen-bond donors (Lipinski definition) is 0. The van der Waals surface area contributed by atoms with Crippen molar-refractivity contribution >= 4 is 21.8 Å². The zero-order valence-corrected chi connectivity index (χ0v) is 13.1. The molecule has 1 rings (SSSR count). The summed E-state index contributed by atoms with van der Waals surface area (Å²) in [5.41, 5.74) is 0.0297. The van der Waals surface area contributed by atoms with Gasteiger partial charge in [0.2, 0.25) is 0 Å². The molecule has 0 radical (unpaired) electrons. The van der Waals surface area contributed by atoms with Crippen molar-refractivity contribution in [2.75, 3.05) is 32.6 Å². The van der Waals surface area contributed by atoms with E-state index in [0.717, 1.165) is 0 Å². The van der Waals surface area contributed by atoms with Crippen LogP contribution >= 0.6 is 15.9 Å². The van der Waals surface area contributed by atoms with E-state index in [1.807, 2.05) is 0 Å². The highest BCUT2D eigenvalue weighted by atomic mass is 79.9. The molecule has 1 amide bonds. The van der Waals surface area contributed by atoms with Crippen molar-refractivity contribution in [2.45, 2.75) is 6.18 Å². The van der Waals surface area contributed by atoms with E-state index in [9.17, 15) is 18.0 Å². The minimum atomic E-state index is -4.47. The van der Waals surface area contributed by atoms with E-state index in [0.29, 0.717) is 4.90 Å². The molecule has 0 unspecified atom stereocenters. The number of halogens is 4. The number of benzene rings is 1. The van der Waals surface area contributed by atoms with E-state index >= 15 is 0 Å². The first kappa shape index (κ1) is 17.6. The molecule has 0 spiro atoms. The second-order valence-electron chi connectivity index (χ2n) is 4.07. The Hall–Kier alpha value is -1.44. The Morgan fingerprint density at radius 2 is 1.95 bits per heavy atom. The van der Waals surface area contributed by atoms with Crippen molar-refractivity contribution in [3.8, 4) is 11.5 Å². The molecule has 8 heteroatoms. The van der Waals surface area contributed by atoms with Crippen LogP contribution < -0.4 is 9.47 Å². The van der Waals surface area contributed by atoms with Crippen LogP contribution in [0.3, 0.4) is 0 Å². The van der Waals surface area contributed by atoms with Gasteiger partial charge >= 0.3 is 6.18 Å². The number of methoxy groups -OCH3 is 2. The SMILES string of the molecule is COc1cccc(C(=O)N(CCBr)CC(F)(F)F)c1OC. The number of hydrogen-bond acceptors (Lipinski definition) is 3. The van der Waals surface area contributed by atoms with Crippen LogP contribution in [0.5, 0.6) is 11.5 Å². The average Bonchev–Trinajstić information content (AvgIpc) is 2.43. The van der Waals surface area contributed by atoms with Gasteiger partial charge in [-0.2, -0.15) is 13.2 Å². The molecule has 0 aliphatic rings. The molecule has 0 atom stereocenters. The summed E-state index contributed by atoms with van der Waals surface area (Å²) in [5.74, 6) is -0.358. The number of alkyl halides is 4. The number of carbonyl (C=O) groups excluding carboxylic acids is 1. The largest absolute Gasteiger partial charge is 0.493 e. The molecule has 0 N–H and O–H groups in total. The van der Waals surface area contributed by atoms with Crippen molar-refractivity contribution < 1.29 is 27.4 Å². The Labute approximate surface area is 128 Å². The number of ether oxygens (including phenoxy) is 2. The van der Waals surface area contributed by atoms with Crippen LogP contribution in [0.4, 0.5) is 13.2 Å². The van der Waals surface area contributed by atoms with Gasteiger partial charge < -0.3 is 14.4 Å². The molecule has 1 aromatic rings. The lowest BCUT2D eigenvalue weighted by Gasteiger charge is -2.24. The molecule has 0 aliphatic heterocycles. The average molecular weight is 370 g/mol. The summed E-state index contributed by atoms with van der Waals surface area (Å²) in [6.07, 6.45) is -4.47. The zero-order valence-electron chi connectivity index (χ0n) is 11.5. The first-order valence-electron chi connectivity index (χ1n) is 5.97. The maximum atomic E-state index is 12.6. The fraction of sp³-hybridized carbons (Fsp3) is 0.462. The highest BCUT2D eigenvalue weighted by Crippen LogP contribution is 2.32. The molecule has 0 bridgehead atoms. The van der Waals surface area contributed by atoms with E-state index < -0.39 is 18.6 Å². The summed E-state index contributed by atoms with van der Waals surface area (Å²) in [4.78, 5) is 13.0. The number of para-hydroxylation sites is 1. The predicted octanol–water partition coefficient (Wildman–Crippen LogP) is 3.10. The summed E-state index contributed by atoms with van der Waals surface area (Å²) < 4.78 is 47.8. The monoisotopic (exact) mass is 369 g/mol. The topological polar surface area (TPSA) is 38.8 Å². The lowest BCUT2D eigenvalue weighted by atomic mass is 10.1. The second-order valence-corrected chi connectivity index (χ2v) is 4.86. The van der Waals surface area contributed by atoms with E-state index in [4.69, 9.17) is 9.47 Å². The highest BCUT2D eigenvalue weighted by Gasteiger charge is 2.34. The van der Waals surface area contributed by atoms with Crippen LogP contribution in [0.1, 0.15) is 10.4 Å². The first-order valence-corrected chi connectivity index (χ1v) is 7.09. The molecule has 118 valence electrons. The second kappa shape index (κ2) is 7.53. The fourth-order valence-corrected chi connectivity index (χ4v) is 2.22. The Morgan fingerprint density at radius 1 is 1.29 bits per heavy atom. The molecule has 0 saturated heterocycles. The zero-order chi connectivity index (χ0) is 16.0. The summed E-state index contributed by atoms with van der Waals surface area (Å²) in [6.45, 7) is -1.39. The molecule has 0 aromatic heterocycles. The van der Waals surface area contributed by atoms with Gasteiger partial charge in [-0.1, -0.05) is 22.0 Å². The van der Waals surface area contributed by atoms with Crippen LogP contribution in [0, 0.1) is 0 Å². The smallest absolute Gasteiger partial charge is 0.406 e. The maximum absolute atomic E-state index is 12.6. The summed E-state index contributed by atoms with van der Waals surface area (Å²) in [5, 5.41) is 0.237.